The molecule has 2 spiro atoms. The lowest BCUT2D eigenvalue weighted by Crippen LogP contribution is -2.32. The van der Waals surface area contributed by atoms with Crippen LogP contribution in [0.4, 0.5) is 0 Å². The number of ether oxygens (including phenoxy) is 2. The molecule has 0 atom stereocenters. The second kappa shape index (κ2) is 25.9. The predicted octanol–water partition coefficient (Wildman–Crippen LogP) is 25.3. The molecule has 2 aliphatic carbocycles. The highest BCUT2D eigenvalue weighted by molar-refractivity contribution is 5.94. The number of aromatic nitrogens is 6. The highest BCUT2D eigenvalue weighted by Gasteiger charge is 2.53. The van der Waals surface area contributed by atoms with Gasteiger partial charge in [-0.1, -0.05) is 346 Å². The maximum absolute atomic E-state index is 7.32. The van der Waals surface area contributed by atoms with Gasteiger partial charge in [0.25, 0.3) is 0 Å². The molecule has 0 unspecified atom stereocenters. The molecule has 0 amide bonds. The summed E-state index contributed by atoms with van der Waals surface area (Å²) in [6, 6.07) is 138. The molecule has 0 bridgehead atoms. The minimum atomic E-state index is -0.723. The molecule has 8 nitrogen and oxygen atoms in total. The molecule has 16 aromatic carbocycles. The molecule has 2 aromatic heterocycles. The SMILES string of the molecule is c1ccc(-c2nc(-c3ccc(-c4ccc5c(c4)C4(c6ccccc6O5)c5ccccc5-c5ccccc54)cc3)nc(-c3cccc(-c4ccccc4-c4ccc5c(c4)Oc4ccc(-c6ccc(-c7nc(-c8ccccc8)nc(-c8ccccc8-c8ccccc8)n7)cc6)cc4C54c5ccccc5-c5ccccc54)c3)n2)cc1. The molecule has 22 rings (SSSR count). The molecule has 4 heterocycles. The number of hydrogen-bond acceptors (Lipinski definition) is 8. The van der Waals surface area contributed by atoms with Crippen molar-refractivity contribution in [3.8, 4) is 169 Å². The summed E-state index contributed by atoms with van der Waals surface area (Å²) in [6.07, 6.45) is 0. The van der Waals surface area contributed by atoms with Crippen LogP contribution in [0.25, 0.3) is 146 Å². The summed E-state index contributed by atoms with van der Waals surface area (Å²) in [4.78, 5) is 31.3. The van der Waals surface area contributed by atoms with Crippen molar-refractivity contribution in [1.29, 1.82) is 0 Å². The fraction of sp³-hybridized carbons (Fsp3) is 0.0192. The molecular weight excluding hydrogens is 1370 g/mol. The smallest absolute Gasteiger partial charge is 0.164 e. The van der Waals surface area contributed by atoms with E-state index in [2.05, 4.69) is 328 Å². The minimum Gasteiger partial charge on any atom is -0.457 e. The van der Waals surface area contributed by atoms with Crippen LogP contribution in [-0.4, -0.2) is 29.9 Å². The summed E-state index contributed by atoms with van der Waals surface area (Å²) < 4.78 is 14.1. The van der Waals surface area contributed by atoms with Crippen molar-refractivity contribution in [1.82, 2.24) is 29.9 Å². The van der Waals surface area contributed by atoms with Crippen LogP contribution in [0, 0.1) is 0 Å². The monoisotopic (exact) mass is 1430 g/mol. The van der Waals surface area contributed by atoms with E-state index in [1.54, 1.807) is 0 Å². The Kier molecular flexibility index (Phi) is 14.9. The first-order valence-corrected chi connectivity index (χ1v) is 38.0. The summed E-state index contributed by atoms with van der Waals surface area (Å²) in [5.74, 6) is 6.87. The van der Waals surface area contributed by atoms with Crippen molar-refractivity contribution in [3.63, 3.8) is 0 Å². The molecule has 112 heavy (non-hydrogen) atoms. The molecule has 0 radical (unpaired) electrons. The zero-order valence-electron chi connectivity index (χ0n) is 60.5. The third-order valence-electron chi connectivity index (χ3n) is 23.0. The molecule has 2 aliphatic heterocycles. The van der Waals surface area contributed by atoms with Crippen LogP contribution >= 0.6 is 0 Å². The summed E-state index contributed by atoms with van der Waals surface area (Å²) in [6.45, 7) is 0. The van der Waals surface area contributed by atoms with Crippen LogP contribution in [-0.2, 0) is 10.8 Å². The Morgan fingerprint density at radius 3 is 0.893 bits per heavy atom. The van der Waals surface area contributed by atoms with Gasteiger partial charge in [0.2, 0.25) is 0 Å². The standard InChI is InChI=1S/C104H64N6O2/c1-4-25-67(26-5-1)77-33-12-13-40-84(77)102-109-98(69-29-8-3-9-30-69)106-100(110-102)71-53-49-66(50-54-71)73-57-60-95-92(63-73)104(87-43-20-16-38-82(87)83-39-17-21-44-88(83)104)90-58-55-75(64-96(90)112-95)79-35-11-10-34-78(79)74-31-24-32-76(61-74)101-107-97(68-27-6-2-7-28-68)105-99(108-101)70-51-47-65(48-52-70)72-56-59-94-91(62-72)103(89-45-22-23-46-93(89)111-94)85-41-18-14-36-80(85)81-37-15-19-42-86(81)103/h1-64H. The third kappa shape index (κ3) is 10.2. The van der Waals surface area contributed by atoms with E-state index in [-0.39, 0.29) is 0 Å². The second-order valence-electron chi connectivity index (χ2n) is 29.1. The van der Waals surface area contributed by atoms with Crippen LogP contribution < -0.4 is 9.47 Å². The van der Waals surface area contributed by atoms with Gasteiger partial charge in [-0.2, -0.15) is 0 Å². The number of fused-ring (bicyclic) bond motifs is 18. The fourth-order valence-electron chi connectivity index (χ4n) is 18.0. The van der Waals surface area contributed by atoms with E-state index >= 15 is 0 Å². The van der Waals surface area contributed by atoms with Crippen molar-refractivity contribution in [3.05, 3.63) is 433 Å². The van der Waals surface area contributed by atoms with Crippen molar-refractivity contribution >= 4 is 0 Å². The van der Waals surface area contributed by atoms with Gasteiger partial charge in [0.1, 0.15) is 23.0 Å². The zero-order chi connectivity index (χ0) is 73.9. The normalized spacial score (nSPS) is 13.1. The number of rotatable bonds is 11. The van der Waals surface area contributed by atoms with E-state index in [0.29, 0.717) is 34.9 Å². The highest BCUT2D eigenvalue weighted by atomic mass is 16.5. The largest absolute Gasteiger partial charge is 0.457 e. The van der Waals surface area contributed by atoms with Crippen molar-refractivity contribution in [2.45, 2.75) is 10.8 Å². The number of nitrogens with zero attached hydrogens (tertiary/aromatic N) is 6. The van der Waals surface area contributed by atoms with E-state index in [4.69, 9.17) is 39.4 Å². The lowest BCUT2D eigenvalue weighted by Gasteiger charge is -2.40. The van der Waals surface area contributed by atoms with Crippen LogP contribution in [0.2, 0.25) is 0 Å². The summed E-state index contributed by atoms with van der Waals surface area (Å²) in [5.41, 5.74) is 28.9. The molecule has 0 N–H and O–H groups in total. The summed E-state index contributed by atoms with van der Waals surface area (Å²) in [5, 5.41) is 0. The minimum absolute atomic E-state index is 0.570. The Hall–Kier alpha value is -14.9. The third-order valence-corrected chi connectivity index (χ3v) is 23.0. The van der Waals surface area contributed by atoms with Gasteiger partial charge in [-0.3, -0.25) is 0 Å². The van der Waals surface area contributed by atoms with Gasteiger partial charge >= 0.3 is 0 Å². The van der Waals surface area contributed by atoms with Gasteiger partial charge in [-0.05, 0) is 143 Å². The lowest BCUT2D eigenvalue weighted by atomic mass is 9.65. The maximum Gasteiger partial charge on any atom is 0.164 e. The van der Waals surface area contributed by atoms with Gasteiger partial charge in [0.15, 0.2) is 34.9 Å². The predicted molar refractivity (Wildman–Crippen MR) is 448 cm³/mol. The van der Waals surface area contributed by atoms with Crippen molar-refractivity contribution < 1.29 is 9.47 Å². The summed E-state index contributed by atoms with van der Waals surface area (Å²) in [7, 11) is 0. The highest BCUT2D eigenvalue weighted by Crippen LogP contribution is 2.65. The second-order valence-corrected chi connectivity index (χ2v) is 29.1. The van der Waals surface area contributed by atoms with E-state index < -0.39 is 10.8 Å². The molecule has 0 fully saturated rings. The van der Waals surface area contributed by atoms with E-state index in [1.165, 1.54) is 44.5 Å². The first kappa shape index (κ1) is 64.3. The number of hydrogen-bond donors (Lipinski definition) is 0. The van der Waals surface area contributed by atoms with Crippen molar-refractivity contribution in [2.75, 3.05) is 0 Å². The Balaban J connectivity index is 0.603. The Morgan fingerprint density at radius 1 is 0.143 bits per heavy atom. The van der Waals surface area contributed by atoms with E-state index in [0.717, 1.165) is 134 Å². The molecule has 0 saturated carbocycles. The van der Waals surface area contributed by atoms with Crippen LogP contribution in [0.1, 0.15) is 44.5 Å². The van der Waals surface area contributed by atoms with Crippen molar-refractivity contribution in [2.24, 2.45) is 0 Å². The van der Waals surface area contributed by atoms with Gasteiger partial charge in [0.05, 0.1) is 10.8 Å². The quantitative estimate of drug-likeness (QED) is 0.126. The van der Waals surface area contributed by atoms with Gasteiger partial charge in [-0.25, -0.2) is 29.9 Å². The van der Waals surface area contributed by atoms with Gasteiger partial charge in [0, 0.05) is 55.6 Å². The molecule has 0 saturated heterocycles. The maximum atomic E-state index is 7.32. The molecule has 18 aromatic rings. The van der Waals surface area contributed by atoms with Gasteiger partial charge < -0.3 is 9.47 Å². The Bertz CT molecular complexity index is 6730. The van der Waals surface area contributed by atoms with Crippen LogP contribution in [0.5, 0.6) is 23.0 Å². The molecule has 4 aliphatic rings. The summed E-state index contributed by atoms with van der Waals surface area (Å²) >= 11 is 0. The average molecular weight is 1430 g/mol. The molecule has 522 valence electrons. The molecular formula is C104H64N6O2. The number of para-hydroxylation sites is 1. The fourth-order valence-corrected chi connectivity index (χ4v) is 18.0. The Morgan fingerprint density at radius 2 is 0.429 bits per heavy atom. The number of benzene rings is 16. The first-order chi connectivity index (χ1) is 55.5. The zero-order valence-corrected chi connectivity index (χ0v) is 60.5. The van der Waals surface area contributed by atoms with E-state index in [9.17, 15) is 0 Å². The topological polar surface area (TPSA) is 95.8 Å². The molecule has 8 heteroatoms. The van der Waals surface area contributed by atoms with E-state index in [1.807, 2.05) is 60.7 Å². The average Bonchev–Trinajstić information content (AvgIpc) is 1.50. The first-order valence-electron chi connectivity index (χ1n) is 38.0. The lowest BCUT2D eigenvalue weighted by molar-refractivity contribution is 0.436. The Labute approximate surface area is 648 Å². The van der Waals surface area contributed by atoms with Crippen LogP contribution in [0.3, 0.4) is 0 Å². The van der Waals surface area contributed by atoms with Crippen LogP contribution in [0.15, 0.2) is 388 Å². The van der Waals surface area contributed by atoms with Gasteiger partial charge in [-0.15, -0.1) is 0 Å².